The van der Waals surface area contributed by atoms with Gasteiger partial charge in [-0.05, 0) is 74.6 Å². The van der Waals surface area contributed by atoms with E-state index in [1.54, 1.807) is 39.7 Å². The number of rotatable bonds is 10. The maximum atomic E-state index is 13.8. The van der Waals surface area contributed by atoms with Gasteiger partial charge in [-0.25, -0.2) is 0 Å². The molecule has 5 rings (SSSR count). The first-order valence-corrected chi connectivity index (χ1v) is 14.4. The quantitative estimate of drug-likeness (QED) is 0.367. The smallest absolute Gasteiger partial charge is 0.254 e. The molecule has 2 saturated heterocycles. The number of primary amides is 1. The summed E-state index contributed by atoms with van der Waals surface area (Å²) in [4.78, 5) is 35.2. The average molecular weight is 609 g/mol. The second-order valence-electron chi connectivity index (χ2n) is 11.3. The largest absolute Gasteiger partial charge is 0.493 e. The summed E-state index contributed by atoms with van der Waals surface area (Å²) in [6, 6.07) is 17.4. The molecule has 2 aliphatic rings. The van der Waals surface area contributed by atoms with E-state index in [0.717, 1.165) is 43.6 Å². The monoisotopic (exact) mass is 608 g/mol. The van der Waals surface area contributed by atoms with Crippen LogP contribution in [-0.4, -0.2) is 80.7 Å². The van der Waals surface area contributed by atoms with Crippen molar-refractivity contribution in [1.82, 2.24) is 14.8 Å². The van der Waals surface area contributed by atoms with Crippen molar-refractivity contribution in [2.24, 2.45) is 5.73 Å². The Kier molecular flexibility index (Phi) is 10.2. The molecule has 3 heterocycles. The van der Waals surface area contributed by atoms with Gasteiger partial charge in [0.15, 0.2) is 11.5 Å². The summed E-state index contributed by atoms with van der Waals surface area (Å²) in [5, 5.41) is 0. The Balaban J connectivity index is 0.00000423. The summed E-state index contributed by atoms with van der Waals surface area (Å²) in [7, 11) is 4.63. The molecule has 0 bridgehead atoms. The van der Waals surface area contributed by atoms with Crippen LogP contribution in [0.25, 0.3) is 0 Å². The van der Waals surface area contributed by atoms with E-state index in [1.807, 2.05) is 47.5 Å². The number of hydrogen-bond acceptors (Lipinski definition) is 7. The van der Waals surface area contributed by atoms with Crippen LogP contribution in [0.5, 0.6) is 17.2 Å². The fourth-order valence-corrected chi connectivity index (χ4v) is 6.66. The zero-order valence-corrected chi connectivity index (χ0v) is 25.9. The predicted molar refractivity (Wildman–Crippen MR) is 167 cm³/mol. The van der Waals surface area contributed by atoms with Gasteiger partial charge in [0.05, 0.1) is 26.7 Å². The van der Waals surface area contributed by atoms with E-state index in [2.05, 4.69) is 16.0 Å². The molecule has 230 valence electrons. The van der Waals surface area contributed by atoms with E-state index in [-0.39, 0.29) is 29.6 Å². The highest BCUT2D eigenvalue weighted by atomic mass is 35.5. The molecule has 0 aliphatic carbocycles. The summed E-state index contributed by atoms with van der Waals surface area (Å²) in [5.41, 5.74) is 7.74. The van der Waals surface area contributed by atoms with Gasteiger partial charge in [-0.2, -0.15) is 0 Å². The van der Waals surface area contributed by atoms with E-state index >= 15 is 0 Å². The number of carbonyl (C=O) groups excluding carboxylic acids is 2. The van der Waals surface area contributed by atoms with Crippen molar-refractivity contribution in [3.8, 4) is 17.2 Å². The molecule has 2 aliphatic heterocycles. The van der Waals surface area contributed by atoms with Crippen LogP contribution >= 0.6 is 12.4 Å². The Morgan fingerprint density at radius 1 is 0.884 bits per heavy atom. The van der Waals surface area contributed by atoms with Crippen molar-refractivity contribution in [1.29, 1.82) is 0 Å². The molecule has 0 saturated carbocycles. The fraction of sp³-hybridized carbons (Fsp3) is 0.424. The number of piperidine rings is 1. The number of aromatic nitrogens is 1. The topological polar surface area (TPSA) is 107 Å². The molecular formula is C33H41ClN4O5. The number of ether oxygens (including phenoxy) is 3. The second kappa shape index (κ2) is 13.7. The van der Waals surface area contributed by atoms with Gasteiger partial charge in [-0.3, -0.25) is 14.6 Å². The maximum absolute atomic E-state index is 13.8. The second-order valence-corrected chi connectivity index (χ2v) is 11.3. The van der Waals surface area contributed by atoms with Gasteiger partial charge in [-0.15, -0.1) is 12.4 Å². The van der Waals surface area contributed by atoms with Crippen molar-refractivity contribution < 1.29 is 23.8 Å². The van der Waals surface area contributed by atoms with Crippen molar-refractivity contribution in [2.45, 2.75) is 36.5 Å². The van der Waals surface area contributed by atoms with Crippen LogP contribution < -0.4 is 19.9 Å². The number of carbonyl (C=O) groups is 2. The molecule has 1 aromatic heterocycles. The fourth-order valence-electron chi connectivity index (χ4n) is 6.66. The predicted octanol–water partition coefficient (Wildman–Crippen LogP) is 4.22. The minimum absolute atomic E-state index is 0. The molecule has 1 unspecified atom stereocenters. The van der Waals surface area contributed by atoms with Crippen molar-refractivity contribution in [3.63, 3.8) is 0 Å². The Morgan fingerprint density at radius 3 is 2.09 bits per heavy atom. The number of pyridine rings is 1. The maximum Gasteiger partial charge on any atom is 0.254 e. The van der Waals surface area contributed by atoms with Gasteiger partial charge >= 0.3 is 0 Å². The molecule has 0 radical (unpaired) electrons. The third kappa shape index (κ3) is 6.28. The summed E-state index contributed by atoms with van der Waals surface area (Å²) < 4.78 is 16.4. The molecule has 2 aromatic carbocycles. The molecule has 0 spiro atoms. The number of nitrogens with two attached hydrogens (primary N) is 1. The number of methoxy groups -OCH3 is 3. The van der Waals surface area contributed by atoms with Gasteiger partial charge in [-0.1, -0.05) is 36.4 Å². The van der Waals surface area contributed by atoms with Crippen LogP contribution in [0, 0.1) is 0 Å². The van der Waals surface area contributed by atoms with Gasteiger partial charge in [0, 0.05) is 36.5 Å². The number of halogens is 1. The zero-order valence-electron chi connectivity index (χ0n) is 25.1. The number of amides is 2. The summed E-state index contributed by atoms with van der Waals surface area (Å²) in [5.74, 6) is 1.02. The minimum atomic E-state index is -0.629. The molecule has 3 aromatic rings. The minimum Gasteiger partial charge on any atom is -0.493 e. The highest BCUT2D eigenvalue weighted by molar-refractivity contribution is 5.96. The molecule has 2 fully saturated rings. The highest BCUT2D eigenvalue weighted by Crippen LogP contribution is 2.42. The first-order valence-electron chi connectivity index (χ1n) is 14.4. The number of benzene rings is 2. The molecule has 10 heteroatoms. The summed E-state index contributed by atoms with van der Waals surface area (Å²) in [6.07, 6.45) is 6.79. The van der Waals surface area contributed by atoms with Crippen LogP contribution in [0.4, 0.5) is 0 Å². The van der Waals surface area contributed by atoms with Crippen LogP contribution in [0.15, 0.2) is 67.0 Å². The molecule has 2 N–H and O–H groups in total. The standard InChI is InChI=1S/C33H40N4O5.ClH/c1-40-27-20-24(21-28(41-2)29(27)42-3)30(38)37-19-12-32(23-37,26-10-7-15-35-22-26)11-16-36-17-13-33(14-18-36,31(34)39)25-8-5-4-6-9-25;/h4-10,15,20-22H,11-14,16-19,23H2,1-3H3,(H2,34,39);1H. The normalized spacial score (nSPS) is 19.7. The first kappa shape index (κ1) is 32.1. The third-order valence-corrected chi connectivity index (χ3v) is 9.24. The Hall–Kier alpha value is -3.82. The van der Waals surface area contributed by atoms with Gasteiger partial charge < -0.3 is 29.7 Å². The van der Waals surface area contributed by atoms with E-state index in [0.29, 0.717) is 48.7 Å². The van der Waals surface area contributed by atoms with Crippen molar-refractivity contribution in [3.05, 3.63) is 83.7 Å². The SMILES string of the molecule is COc1cc(C(=O)N2CCC(CCN3CCC(C(N)=O)(c4ccccc4)CC3)(c3cccnc3)C2)cc(OC)c1OC.Cl. The Labute approximate surface area is 259 Å². The van der Waals surface area contributed by atoms with E-state index < -0.39 is 5.41 Å². The van der Waals surface area contributed by atoms with Gasteiger partial charge in [0.2, 0.25) is 11.7 Å². The molecule has 43 heavy (non-hydrogen) atoms. The van der Waals surface area contributed by atoms with Gasteiger partial charge in [0.1, 0.15) is 0 Å². The average Bonchev–Trinajstić information content (AvgIpc) is 3.49. The van der Waals surface area contributed by atoms with Crippen molar-refractivity contribution in [2.75, 3.05) is 54.1 Å². The first-order chi connectivity index (χ1) is 20.4. The number of nitrogens with zero attached hydrogens (tertiary/aromatic N) is 3. The molecule has 1 atom stereocenters. The molecule has 2 amide bonds. The van der Waals surface area contributed by atoms with E-state index in [1.165, 1.54) is 0 Å². The van der Waals surface area contributed by atoms with Gasteiger partial charge in [0.25, 0.3) is 5.91 Å². The number of hydrogen-bond donors (Lipinski definition) is 1. The van der Waals surface area contributed by atoms with E-state index in [9.17, 15) is 9.59 Å². The van der Waals surface area contributed by atoms with E-state index in [4.69, 9.17) is 19.9 Å². The number of likely N-dealkylation sites (tertiary alicyclic amines) is 2. The highest BCUT2D eigenvalue weighted by Gasteiger charge is 2.44. The third-order valence-electron chi connectivity index (χ3n) is 9.24. The van der Waals surface area contributed by atoms with Crippen LogP contribution in [0.2, 0.25) is 0 Å². The lowest BCUT2D eigenvalue weighted by Gasteiger charge is -2.41. The molecule has 9 nitrogen and oxygen atoms in total. The van der Waals surface area contributed by atoms with Crippen LogP contribution in [0.3, 0.4) is 0 Å². The lowest BCUT2D eigenvalue weighted by molar-refractivity contribution is -0.125. The lowest BCUT2D eigenvalue weighted by Crippen LogP contribution is -2.50. The Bertz CT molecular complexity index is 1370. The molecular weight excluding hydrogens is 568 g/mol. The van der Waals surface area contributed by atoms with Crippen LogP contribution in [-0.2, 0) is 15.6 Å². The zero-order chi connectivity index (χ0) is 29.7. The lowest BCUT2D eigenvalue weighted by atomic mass is 9.72. The summed E-state index contributed by atoms with van der Waals surface area (Å²) >= 11 is 0. The Morgan fingerprint density at radius 2 is 1.53 bits per heavy atom. The summed E-state index contributed by atoms with van der Waals surface area (Å²) in [6.45, 7) is 3.63. The van der Waals surface area contributed by atoms with Crippen LogP contribution in [0.1, 0.15) is 47.2 Å². The van der Waals surface area contributed by atoms with Crippen molar-refractivity contribution >= 4 is 24.2 Å².